The minimum absolute atomic E-state index is 0.199. The Morgan fingerprint density at radius 2 is 1.12 bits per heavy atom. The normalized spacial score (nSPS) is 12.5. The first kappa shape index (κ1) is 19.1. The lowest BCUT2D eigenvalue weighted by Gasteiger charge is -2.22. The fourth-order valence-electron chi connectivity index (χ4n) is 2.88. The molecule has 0 amide bonds. The van der Waals surface area contributed by atoms with Crippen molar-refractivity contribution < 1.29 is 19.1 Å². The highest BCUT2D eigenvalue weighted by molar-refractivity contribution is 9.09. The molecule has 6 heteroatoms. The summed E-state index contributed by atoms with van der Waals surface area (Å²) in [4.78, 5) is 26.2. The van der Waals surface area contributed by atoms with E-state index in [1.54, 1.807) is 36.4 Å². The SMILES string of the molecule is O=C1c2ccccc2C(=O)c2c(OCCCBr)ccc(OCCCBr)c21. The monoisotopic (exact) mass is 480 g/mol. The van der Waals surface area contributed by atoms with E-state index in [1.807, 2.05) is 0 Å². The molecule has 136 valence electrons. The van der Waals surface area contributed by atoms with E-state index in [0.717, 1.165) is 23.5 Å². The van der Waals surface area contributed by atoms with Gasteiger partial charge in [0.2, 0.25) is 0 Å². The molecule has 4 nitrogen and oxygen atoms in total. The number of benzene rings is 2. The maximum absolute atomic E-state index is 13.1. The molecule has 0 spiro atoms. The minimum Gasteiger partial charge on any atom is -0.493 e. The van der Waals surface area contributed by atoms with Crippen LogP contribution in [0.15, 0.2) is 36.4 Å². The second-order valence-corrected chi connectivity index (χ2v) is 7.38. The lowest BCUT2D eigenvalue weighted by Crippen LogP contribution is -2.23. The fourth-order valence-corrected chi connectivity index (χ4v) is 3.34. The standard InChI is InChI=1S/C20H18Br2O4/c21-9-3-11-25-15-7-8-16(26-12-4-10-22)18-17(15)19(23)13-5-1-2-6-14(13)20(18)24/h1-2,5-8H,3-4,9-12H2. The number of rotatable bonds is 8. The molecule has 3 rings (SSSR count). The average Bonchev–Trinajstić information content (AvgIpc) is 2.67. The Kier molecular flexibility index (Phi) is 6.48. The van der Waals surface area contributed by atoms with Gasteiger partial charge >= 0.3 is 0 Å². The molecule has 1 aliphatic rings. The van der Waals surface area contributed by atoms with Gasteiger partial charge in [-0.1, -0.05) is 56.1 Å². The number of alkyl halides is 2. The topological polar surface area (TPSA) is 52.6 Å². The van der Waals surface area contributed by atoms with E-state index < -0.39 is 0 Å². The van der Waals surface area contributed by atoms with Crippen molar-refractivity contribution in [2.24, 2.45) is 0 Å². The number of halogens is 2. The van der Waals surface area contributed by atoms with Gasteiger partial charge in [-0.2, -0.15) is 0 Å². The van der Waals surface area contributed by atoms with Crippen LogP contribution in [0.3, 0.4) is 0 Å². The summed E-state index contributed by atoms with van der Waals surface area (Å²) in [6, 6.07) is 10.3. The molecule has 0 saturated heterocycles. The van der Waals surface area contributed by atoms with Crippen molar-refractivity contribution >= 4 is 43.4 Å². The molecule has 0 unspecified atom stereocenters. The van der Waals surface area contributed by atoms with Gasteiger partial charge in [-0.15, -0.1) is 0 Å². The van der Waals surface area contributed by atoms with E-state index in [1.165, 1.54) is 0 Å². The summed E-state index contributed by atoms with van der Waals surface area (Å²) in [7, 11) is 0. The number of hydrogen-bond acceptors (Lipinski definition) is 4. The minimum atomic E-state index is -0.199. The third-order valence-electron chi connectivity index (χ3n) is 4.07. The first-order chi connectivity index (χ1) is 12.7. The fraction of sp³-hybridized carbons (Fsp3) is 0.300. The van der Waals surface area contributed by atoms with Gasteiger partial charge < -0.3 is 9.47 Å². The summed E-state index contributed by atoms with van der Waals surface area (Å²) in [5.74, 6) is 0.466. The summed E-state index contributed by atoms with van der Waals surface area (Å²) in [6.45, 7) is 0.926. The Morgan fingerprint density at radius 1 is 0.692 bits per heavy atom. The number of carbonyl (C=O) groups is 2. The molecule has 26 heavy (non-hydrogen) atoms. The van der Waals surface area contributed by atoms with Crippen molar-refractivity contribution in [2.75, 3.05) is 23.9 Å². The highest BCUT2D eigenvalue weighted by Crippen LogP contribution is 2.38. The predicted molar refractivity (Wildman–Crippen MR) is 108 cm³/mol. The summed E-state index contributed by atoms with van der Waals surface area (Å²) < 4.78 is 11.6. The maximum atomic E-state index is 13.1. The quantitative estimate of drug-likeness (QED) is 0.343. The molecule has 1 aliphatic carbocycles. The van der Waals surface area contributed by atoms with E-state index in [-0.39, 0.29) is 11.6 Å². The van der Waals surface area contributed by atoms with Crippen molar-refractivity contribution in [3.8, 4) is 11.5 Å². The van der Waals surface area contributed by atoms with Gasteiger partial charge in [-0.3, -0.25) is 9.59 Å². The first-order valence-electron chi connectivity index (χ1n) is 8.42. The van der Waals surface area contributed by atoms with Crippen LogP contribution in [-0.4, -0.2) is 35.4 Å². The molecular formula is C20H18Br2O4. The summed E-state index contributed by atoms with van der Waals surface area (Å²) in [5.41, 5.74) is 1.43. The zero-order chi connectivity index (χ0) is 18.5. The van der Waals surface area contributed by atoms with Gasteiger partial charge in [0.25, 0.3) is 0 Å². The number of fused-ring (bicyclic) bond motifs is 2. The molecule has 0 bridgehead atoms. The molecule has 0 atom stereocenters. The maximum Gasteiger partial charge on any atom is 0.198 e. The number of ketones is 2. The van der Waals surface area contributed by atoms with E-state index in [2.05, 4.69) is 31.9 Å². The van der Waals surface area contributed by atoms with Crippen LogP contribution >= 0.6 is 31.9 Å². The smallest absolute Gasteiger partial charge is 0.198 e. The molecule has 2 aromatic rings. The lowest BCUT2D eigenvalue weighted by molar-refractivity contribution is 0.0972. The zero-order valence-corrected chi connectivity index (χ0v) is 17.3. The van der Waals surface area contributed by atoms with Gasteiger partial charge in [-0.05, 0) is 25.0 Å². The van der Waals surface area contributed by atoms with Crippen LogP contribution in [0, 0.1) is 0 Å². The Balaban J connectivity index is 2.07. The van der Waals surface area contributed by atoms with Gasteiger partial charge in [-0.25, -0.2) is 0 Å². The van der Waals surface area contributed by atoms with Crippen molar-refractivity contribution in [1.29, 1.82) is 0 Å². The van der Waals surface area contributed by atoms with Gasteiger partial charge in [0.15, 0.2) is 11.6 Å². The van der Waals surface area contributed by atoms with Gasteiger partial charge in [0, 0.05) is 21.8 Å². The summed E-state index contributed by atoms with van der Waals surface area (Å²) in [5, 5.41) is 1.61. The molecule has 0 fully saturated rings. The second kappa shape index (κ2) is 8.82. The van der Waals surface area contributed by atoms with Crippen LogP contribution in [0.5, 0.6) is 11.5 Å². The van der Waals surface area contributed by atoms with Crippen LogP contribution in [0.1, 0.15) is 44.7 Å². The third-order valence-corrected chi connectivity index (χ3v) is 5.19. The van der Waals surface area contributed by atoms with Crippen molar-refractivity contribution in [1.82, 2.24) is 0 Å². The van der Waals surface area contributed by atoms with Crippen molar-refractivity contribution in [3.05, 3.63) is 58.7 Å². The lowest BCUT2D eigenvalue weighted by atomic mass is 9.83. The summed E-state index contributed by atoms with van der Waals surface area (Å²) >= 11 is 6.73. The number of carbonyl (C=O) groups excluding carboxylic acids is 2. The molecule has 0 aromatic heterocycles. The molecule has 0 aliphatic heterocycles. The highest BCUT2D eigenvalue weighted by atomic mass is 79.9. The largest absolute Gasteiger partial charge is 0.493 e. The van der Waals surface area contributed by atoms with E-state index in [9.17, 15) is 9.59 Å². The Labute approximate surface area is 169 Å². The average molecular weight is 482 g/mol. The summed E-state index contributed by atoms with van der Waals surface area (Å²) in [6.07, 6.45) is 1.61. The van der Waals surface area contributed by atoms with Crippen LogP contribution in [0.4, 0.5) is 0 Å². The Hall–Kier alpha value is -1.66. The van der Waals surface area contributed by atoms with Crippen LogP contribution in [0.2, 0.25) is 0 Å². The molecule has 0 heterocycles. The van der Waals surface area contributed by atoms with Gasteiger partial charge in [0.1, 0.15) is 11.5 Å². The number of ether oxygens (including phenoxy) is 2. The highest BCUT2D eigenvalue weighted by Gasteiger charge is 2.35. The number of hydrogen-bond donors (Lipinski definition) is 0. The third kappa shape index (κ3) is 3.71. The van der Waals surface area contributed by atoms with E-state index in [0.29, 0.717) is 47.0 Å². The molecular weight excluding hydrogens is 464 g/mol. The molecule has 0 radical (unpaired) electrons. The van der Waals surface area contributed by atoms with E-state index >= 15 is 0 Å². The van der Waals surface area contributed by atoms with Crippen molar-refractivity contribution in [2.45, 2.75) is 12.8 Å². The predicted octanol–water partition coefficient (Wildman–Crippen LogP) is 4.79. The first-order valence-corrected chi connectivity index (χ1v) is 10.7. The van der Waals surface area contributed by atoms with Crippen LogP contribution in [0.25, 0.3) is 0 Å². The van der Waals surface area contributed by atoms with Crippen LogP contribution < -0.4 is 9.47 Å². The second-order valence-electron chi connectivity index (χ2n) is 5.80. The molecule has 2 aromatic carbocycles. The zero-order valence-electron chi connectivity index (χ0n) is 14.1. The van der Waals surface area contributed by atoms with Crippen molar-refractivity contribution in [3.63, 3.8) is 0 Å². The van der Waals surface area contributed by atoms with E-state index in [4.69, 9.17) is 9.47 Å². The van der Waals surface area contributed by atoms with Crippen LogP contribution in [-0.2, 0) is 0 Å². The Morgan fingerprint density at radius 3 is 1.50 bits per heavy atom. The molecule has 0 N–H and O–H groups in total. The van der Waals surface area contributed by atoms with Gasteiger partial charge in [0.05, 0.1) is 24.3 Å². The Bertz CT molecular complexity index is 765. The molecule has 0 saturated carbocycles.